The summed E-state index contributed by atoms with van der Waals surface area (Å²) in [6.07, 6.45) is 0. The fourth-order valence-electron chi connectivity index (χ4n) is 4.21. The molecule has 0 saturated carbocycles. The molecule has 1 fully saturated rings. The number of rotatable bonds is 5. The van der Waals surface area contributed by atoms with Gasteiger partial charge in [0.15, 0.2) is 0 Å². The van der Waals surface area contributed by atoms with Crippen molar-refractivity contribution < 1.29 is 19.1 Å². The first-order chi connectivity index (χ1) is 16.0. The van der Waals surface area contributed by atoms with E-state index in [9.17, 15) is 19.2 Å². The summed E-state index contributed by atoms with van der Waals surface area (Å²) in [6.45, 7) is -0.186. The van der Waals surface area contributed by atoms with Crippen molar-refractivity contribution in [3.8, 4) is 5.75 Å². The largest absolute Gasteiger partial charge is 0.497 e. The molecule has 8 nitrogen and oxygen atoms in total. The smallest absolute Gasteiger partial charge is 0.308 e. The average Bonchev–Trinajstić information content (AvgIpc) is 3.28. The van der Waals surface area contributed by atoms with E-state index >= 15 is 0 Å². The van der Waals surface area contributed by atoms with E-state index in [4.69, 9.17) is 4.74 Å². The van der Waals surface area contributed by atoms with Gasteiger partial charge in [-0.15, -0.1) is 0 Å². The highest BCUT2D eigenvalue weighted by Crippen LogP contribution is 2.51. The van der Waals surface area contributed by atoms with Gasteiger partial charge in [-0.1, -0.05) is 53.4 Å². The molecule has 2 aliphatic heterocycles. The van der Waals surface area contributed by atoms with Gasteiger partial charge in [-0.05, 0) is 29.8 Å². The van der Waals surface area contributed by atoms with E-state index in [0.717, 1.165) is 16.9 Å². The number of fused-ring (bicyclic) bond motifs is 2. The highest BCUT2D eigenvalue weighted by atomic mass is 32.2. The molecule has 10 heteroatoms. The Labute approximate surface area is 197 Å². The average molecular weight is 482 g/mol. The second-order valence-electron chi connectivity index (χ2n) is 7.71. The van der Waals surface area contributed by atoms with Crippen LogP contribution in [-0.4, -0.2) is 34.6 Å². The van der Waals surface area contributed by atoms with Crippen LogP contribution in [0.1, 0.15) is 16.4 Å². The standard InChI is InChI=1S/C23H19N3O5S2/c1-31-14-9-7-12(8-10-14)16-17-18(21(29)25-20(17)28)32-22-19(16)33-23(30)26(22)11-15(27)24-13-5-3-2-4-6-13/h2-10,16-18H,11H2,1H3,(H,24,27)(H,25,28,29)/t16-,17?,18?/m0/s1. The monoisotopic (exact) mass is 481 g/mol. The number of nitrogens with one attached hydrogen (secondary N) is 2. The maximum atomic E-state index is 12.9. The Morgan fingerprint density at radius 1 is 1.06 bits per heavy atom. The molecule has 5 rings (SSSR count). The van der Waals surface area contributed by atoms with Gasteiger partial charge in [-0.25, -0.2) is 0 Å². The van der Waals surface area contributed by atoms with Crippen LogP contribution >= 0.6 is 23.1 Å². The van der Waals surface area contributed by atoms with Crippen molar-refractivity contribution >= 4 is 46.5 Å². The zero-order valence-electron chi connectivity index (χ0n) is 17.4. The molecule has 3 amide bonds. The summed E-state index contributed by atoms with van der Waals surface area (Å²) in [5.41, 5.74) is 1.43. The normalized spacial score (nSPS) is 21.2. The Bertz CT molecular complexity index is 1300. The Hall–Kier alpha value is -3.37. The van der Waals surface area contributed by atoms with E-state index in [-0.39, 0.29) is 29.1 Å². The van der Waals surface area contributed by atoms with Crippen LogP contribution in [0, 0.1) is 5.92 Å². The number of aromatic nitrogens is 1. The number of amides is 3. The van der Waals surface area contributed by atoms with Crippen LogP contribution in [0.15, 0.2) is 64.4 Å². The topological polar surface area (TPSA) is 106 Å². The number of methoxy groups -OCH3 is 1. The second kappa shape index (κ2) is 8.53. The fourth-order valence-corrected chi connectivity index (χ4v) is 6.95. The van der Waals surface area contributed by atoms with Crippen LogP contribution in [0.3, 0.4) is 0 Å². The van der Waals surface area contributed by atoms with Crippen LogP contribution in [-0.2, 0) is 20.9 Å². The summed E-state index contributed by atoms with van der Waals surface area (Å²) in [5.74, 6) is -1.51. The predicted molar refractivity (Wildman–Crippen MR) is 125 cm³/mol. The van der Waals surface area contributed by atoms with Gasteiger partial charge in [-0.2, -0.15) is 0 Å². The Kier molecular flexibility index (Phi) is 5.55. The van der Waals surface area contributed by atoms with Gasteiger partial charge in [-0.3, -0.25) is 29.1 Å². The van der Waals surface area contributed by atoms with Gasteiger partial charge in [0.1, 0.15) is 17.5 Å². The number of carbonyl (C=O) groups excluding carboxylic acids is 3. The molecule has 2 aromatic carbocycles. The minimum absolute atomic E-state index is 0.186. The lowest BCUT2D eigenvalue weighted by molar-refractivity contribution is -0.126. The molecule has 2 aliphatic rings. The van der Waals surface area contributed by atoms with E-state index in [1.165, 1.54) is 16.3 Å². The zero-order chi connectivity index (χ0) is 23.1. The number of nitrogens with zero attached hydrogens (tertiary/aromatic N) is 1. The van der Waals surface area contributed by atoms with Crippen molar-refractivity contribution in [2.75, 3.05) is 12.4 Å². The molecule has 0 aliphatic carbocycles. The number of imide groups is 1. The minimum Gasteiger partial charge on any atom is -0.497 e. The number of hydrogen-bond acceptors (Lipinski definition) is 7. The molecule has 0 bridgehead atoms. The maximum Gasteiger partial charge on any atom is 0.308 e. The van der Waals surface area contributed by atoms with Gasteiger partial charge in [0.2, 0.25) is 17.7 Å². The van der Waals surface area contributed by atoms with E-state index in [1.807, 2.05) is 18.2 Å². The number of hydrogen-bond donors (Lipinski definition) is 2. The first kappa shape index (κ1) is 21.5. The quantitative estimate of drug-likeness (QED) is 0.542. The number of thioether (sulfide) groups is 1. The van der Waals surface area contributed by atoms with Crippen LogP contribution < -0.4 is 20.2 Å². The summed E-state index contributed by atoms with van der Waals surface area (Å²) in [5, 5.41) is 5.09. The lowest BCUT2D eigenvalue weighted by Gasteiger charge is -2.30. The molecule has 0 spiro atoms. The van der Waals surface area contributed by atoms with Gasteiger partial charge in [0.25, 0.3) is 0 Å². The number of anilines is 1. The van der Waals surface area contributed by atoms with Crippen LogP contribution in [0.4, 0.5) is 5.69 Å². The van der Waals surface area contributed by atoms with Crippen molar-refractivity contribution in [2.24, 2.45) is 5.92 Å². The summed E-state index contributed by atoms with van der Waals surface area (Å²) in [4.78, 5) is 51.2. The predicted octanol–water partition coefficient (Wildman–Crippen LogP) is 2.44. The van der Waals surface area contributed by atoms with Gasteiger partial charge >= 0.3 is 4.87 Å². The summed E-state index contributed by atoms with van der Waals surface area (Å²) >= 11 is 2.19. The first-order valence-electron chi connectivity index (χ1n) is 10.2. The molecule has 168 valence electrons. The molecule has 1 saturated heterocycles. The molecule has 3 aromatic rings. The van der Waals surface area contributed by atoms with Crippen LogP contribution in [0.25, 0.3) is 0 Å². The van der Waals surface area contributed by atoms with E-state index in [2.05, 4.69) is 10.6 Å². The Balaban J connectivity index is 1.54. The molecular weight excluding hydrogens is 462 g/mol. The molecule has 3 atom stereocenters. The third kappa shape index (κ3) is 3.85. The van der Waals surface area contributed by atoms with Crippen molar-refractivity contribution in [3.63, 3.8) is 0 Å². The van der Waals surface area contributed by atoms with Gasteiger partial charge in [0.05, 0.1) is 18.1 Å². The first-order valence-corrected chi connectivity index (χ1v) is 11.9. The van der Waals surface area contributed by atoms with Crippen molar-refractivity contribution in [1.82, 2.24) is 9.88 Å². The Morgan fingerprint density at radius 2 is 1.79 bits per heavy atom. The second-order valence-corrected chi connectivity index (χ2v) is 9.83. The SMILES string of the molecule is COc1ccc([C@@H]2c3sc(=O)n(CC(=O)Nc4ccccc4)c3SC3C(=O)NC(=O)C32)cc1. The molecule has 3 heterocycles. The minimum atomic E-state index is -0.672. The van der Waals surface area contributed by atoms with Crippen LogP contribution in [0.5, 0.6) is 5.75 Å². The number of ether oxygens (including phenoxy) is 1. The summed E-state index contributed by atoms with van der Waals surface area (Å²) in [7, 11) is 1.57. The zero-order valence-corrected chi connectivity index (χ0v) is 19.1. The van der Waals surface area contributed by atoms with Crippen molar-refractivity contribution in [2.45, 2.75) is 22.7 Å². The Morgan fingerprint density at radius 3 is 2.48 bits per heavy atom. The molecule has 2 unspecified atom stereocenters. The highest BCUT2D eigenvalue weighted by molar-refractivity contribution is 8.00. The summed E-state index contributed by atoms with van der Waals surface area (Å²) in [6, 6.07) is 16.2. The third-order valence-electron chi connectivity index (χ3n) is 5.72. The lowest BCUT2D eigenvalue weighted by atomic mass is 9.83. The van der Waals surface area contributed by atoms with Gasteiger partial charge < -0.3 is 10.1 Å². The van der Waals surface area contributed by atoms with Crippen molar-refractivity contribution in [3.05, 3.63) is 74.7 Å². The van der Waals surface area contributed by atoms with Crippen LogP contribution in [0.2, 0.25) is 0 Å². The van der Waals surface area contributed by atoms with Gasteiger partial charge in [0, 0.05) is 16.5 Å². The number of benzene rings is 2. The third-order valence-corrected chi connectivity index (χ3v) is 8.34. The number of para-hydroxylation sites is 1. The molecule has 2 N–H and O–H groups in total. The molecule has 0 radical (unpaired) electrons. The molecular formula is C23H19N3O5S2. The highest BCUT2D eigenvalue weighted by Gasteiger charge is 2.52. The number of carbonyl (C=O) groups is 3. The fraction of sp³-hybridized carbons (Fsp3) is 0.217. The van der Waals surface area contributed by atoms with E-state index in [0.29, 0.717) is 21.3 Å². The number of thiazole rings is 1. The van der Waals surface area contributed by atoms with Crippen molar-refractivity contribution in [1.29, 1.82) is 0 Å². The maximum absolute atomic E-state index is 12.9. The van der Waals surface area contributed by atoms with E-state index < -0.39 is 17.1 Å². The molecule has 1 aromatic heterocycles. The van der Waals surface area contributed by atoms with E-state index in [1.54, 1.807) is 43.5 Å². The molecule has 33 heavy (non-hydrogen) atoms. The lowest BCUT2D eigenvalue weighted by Crippen LogP contribution is -2.32. The summed E-state index contributed by atoms with van der Waals surface area (Å²) < 4.78 is 6.63.